The van der Waals surface area contributed by atoms with Gasteiger partial charge in [-0.15, -0.1) is 0 Å². The van der Waals surface area contributed by atoms with E-state index in [1.54, 1.807) is 10.9 Å². The Morgan fingerprint density at radius 1 is 0.976 bits per heavy atom. The van der Waals surface area contributed by atoms with E-state index in [0.29, 0.717) is 51.9 Å². The molecule has 41 heavy (non-hydrogen) atoms. The fourth-order valence-corrected chi connectivity index (χ4v) is 6.34. The van der Waals surface area contributed by atoms with Crippen LogP contribution < -0.4 is 10.6 Å². The maximum absolute atomic E-state index is 14.0. The SMILES string of the molecule is CC1=C(C(=O)Nc2ncccc2C)[C@@H](c2c(C)nn(-c3ccccc3)c2Cl)C2=C(C[C@@H](c3ccccc3)CC2=O)N1. The Bertz CT molecular complexity index is 1720. The minimum Gasteiger partial charge on any atom is -0.362 e. The van der Waals surface area contributed by atoms with Crippen LogP contribution in [0.15, 0.2) is 102 Å². The molecule has 0 unspecified atom stereocenters. The van der Waals surface area contributed by atoms with E-state index >= 15 is 0 Å². The second kappa shape index (κ2) is 10.8. The lowest BCUT2D eigenvalue weighted by Gasteiger charge is -2.37. The van der Waals surface area contributed by atoms with Gasteiger partial charge in [-0.2, -0.15) is 5.10 Å². The Morgan fingerprint density at radius 2 is 1.68 bits per heavy atom. The van der Waals surface area contributed by atoms with Gasteiger partial charge in [-0.1, -0.05) is 66.2 Å². The molecule has 206 valence electrons. The average Bonchev–Trinajstić information content (AvgIpc) is 3.27. The summed E-state index contributed by atoms with van der Waals surface area (Å²) in [6.07, 6.45) is 2.63. The third kappa shape index (κ3) is 4.87. The van der Waals surface area contributed by atoms with E-state index < -0.39 is 5.92 Å². The zero-order valence-corrected chi connectivity index (χ0v) is 23.9. The van der Waals surface area contributed by atoms with Gasteiger partial charge in [0.1, 0.15) is 11.0 Å². The molecule has 0 saturated carbocycles. The molecule has 8 heteroatoms. The van der Waals surface area contributed by atoms with Crippen molar-refractivity contribution >= 4 is 29.1 Å². The van der Waals surface area contributed by atoms with Crippen LogP contribution in [0.5, 0.6) is 0 Å². The number of aromatic nitrogens is 3. The largest absolute Gasteiger partial charge is 0.362 e. The highest BCUT2D eigenvalue weighted by Gasteiger charge is 2.43. The molecule has 2 aromatic carbocycles. The fraction of sp³-hybridized carbons (Fsp3) is 0.212. The van der Waals surface area contributed by atoms with Crippen molar-refractivity contribution in [2.45, 2.75) is 45.4 Å². The van der Waals surface area contributed by atoms with Gasteiger partial charge in [-0.3, -0.25) is 9.59 Å². The zero-order valence-electron chi connectivity index (χ0n) is 23.1. The Labute approximate surface area is 244 Å². The van der Waals surface area contributed by atoms with Gasteiger partial charge in [0.05, 0.1) is 17.3 Å². The van der Waals surface area contributed by atoms with Crippen LogP contribution in [-0.4, -0.2) is 26.5 Å². The van der Waals surface area contributed by atoms with E-state index in [-0.39, 0.29) is 17.6 Å². The van der Waals surface area contributed by atoms with Gasteiger partial charge in [0, 0.05) is 40.7 Å². The highest BCUT2D eigenvalue weighted by Crippen LogP contribution is 2.48. The number of para-hydroxylation sites is 1. The molecule has 0 radical (unpaired) electrons. The van der Waals surface area contributed by atoms with Crippen molar-refractivity contribution in [2.24, 2.45) is 0 Å². The standard InChI is InChI=1S/C33H30ClN5O2/c1-19-11-10-16-35-32(19)37-33(41)28-20(2)36-25-17-23(22-12-6-4-7-13-22)18-26(40)29(25)30(28)27-21(3)38-39(31(27)34)24-14-8-5-9-15-24/h4-16,23,30,36H,17-18H2,1-3H3,(H,35,37,41)/t23-,30-/m1/s1. The van der Waals surface area contributed by atoms with E-state index in [4.69, 9.17) is 16.7 Å². The number of rotatable bonds is 5. The first-order chi connectivity index (χ1) is 19.8. The van der Waals surface area contributed by atoms with Gasteiger partial charge in [-0.05, 0) is 62.4 Å². The fourth-order valence-electron chi connectivity index (χ4n) is 5.96. The maximum Gasteiger partial charge on any atom is 0.255 e. The van der Waals surface area contributed by atoms with Crippen LogP contribution in [0.2, 0.25) is 5.15 Å². The molecular formula is C33H30ClN5O2. The summed E-state index contributed by atoms with van der Waals surface area (Å²) in [5.74, 6) is -0.525. The minimum atomic E-state index is -0.690. The molecule has 2 aliphatic rings. The van der Waals surface area contributed by atoms with Gasteiger partial charge in [-0.25, -0.2) is 9.67 Å². The molecule has 2 aromatic heterocycles. The number of hydrogen-bond donors (Lipinski definition) is 2. The number of nitrogens with one attached hydrogen (secondary N) is 2. The number of amides is 1. The number of pyridine rings is 1. The highest BCUT2D eigenvalue weighted by atomic mass is 35.5. The molecule has 4 aromatic rings. The molecule has 2 atom stereocenters. The van der Waals surface area contributed by atoms with E-state index in [1.165, 1.54) is 0 Å². The second-order valence-electron chi connectivity index (χ2n) is 10.6. The predicted octanol–water partition coefficient (Wildman–Crippen LogP) is 6.54. The molecular weight excluding hydrogens is 534 g/mol. The average molecular weight is 564 g/mol. The van der Waals surface area contributed by atoms with Crippen molar-refractivity contribution < 1.29 is 9.59 Å². The first kappa shape index (κ1) is 26.7. The predicted molar refractivity (Wildman–Crippen MR) is 160 cm³/mol. The van der Waals surface area contributed by atoms with Gasteiger partial charge in [0.25, 0.3) is 5.91 Å². The number of halogens is 1. The topological polar surface area (TPSA) is 88.9 Å². The van der Waals surface area contributed by atoms with Gasteiger partial charge in [0.2, 0.25) is 0 Å². The lowest BCUT2D eigenvalue weighted by Crippen LogP contribution is -2.37. The molecule has 1 amide bonds. The number of benzene rings is 2. The number of carbonyl (C=O) groups is 2. The molecule has 0 bridgehead atoms. The summed E-state index contributed by atoms with van der Waals surface area (Å²) in [4.78, 5) is 32.4. The number of aryl methyl sites for hydroxylation is 2. The van der Waals surface area contributed by atoms with Crippen molar-refractivity contribution in [2.75, 3.05) is 5.32 Å². The van der Waals surface area contributed by atoms with Crippen LogP contribution in [0.4, 0.5) is 5.82 Å². The number of Topliss-reactive ketones (excluding diaryl/α,β-unsaturated/α-hetero) is 1. The van der Waals surface area contributed by atoms with Crippen molar-refractivity contribution in [1.82, 2.24) is 20.1 Å². The van der Waals surface area contributed by atoms with Crippen LogP contribution >= 0.6 is 11.6 Å². The minimum absolute atomic E-state index is 0.00709. The number of nitrogens with zero attached hydrogens (tertiary/aromatic N) is 3. The van der Waals surface area contributed by atoms with Gasteiger partial charge in [0.15, 0.2) is 5.78 Å². The first-order valence-corrected chi connectivity index (χ1v) is 14.0. The lowest BCUT2D eigenvalue weighted by molar-refractivity contribution is -0.116. The number of anilines is 1. The van der Waals surface area contributed by atoms with Crippen molar-refractivity contribution in [3.63, 3.8) is 0 Å². The quantitative estimate of drug-likeness (QED) is 0.288. The van der Waals surface area contributed by atoms with Gasteiger partial charge < -0.3 is 10.6 Å². The van der Waals surface area contributed by atoms with Crippen LogP contribution in [-0.2, 0) is 9.59 Å². The van der Waals surface area contributed by atoms with E-state index in [9.17, 15) is 9.59 Å². The van der Waals surface area contributed by atoms with Gasteiger partial charge >= 0.3 is 0 Å². The smallest absolute Gasteiger partial charge is 0.255 e. The zero-order chi connectivity index (χ0) is 28.7. The van der Waals surface area contributed by atoms with E-state index in [0.717, 1.165) is 22.5 Å². The molecule has 7 nitrogen and oxygen atoms in total. The number of carbonyl (C=O) groups excluding carboxylic acids is 2. The Kier molecular flexibility index (Phi) is 7.05. The van der Waals surface area contributed by atoms with Crippen molar-refractivity contribution in [3.8, 4) is 5.69 Å². The van der Waals surface area contributed by atoms with Crippen molar-refractivity contribution in [3.05, 3.63) is 129 Å². The molecule has 1 aliphatic heterocycles. The molecule has 0 fully saturated rings. The Morgan fingerprint density at radius 3 is 2.39 bits per heavy atom. The molecule has 3 heterocycles. The van der Waals surface area contributed by atoms with E-state index in [2.05, 4.69) is 27.8 Å². The first-order valence-electron chi connectivity index (χ1n) is 13.7. The van der Waals surface area contributed by atoms with Crippen LogP contribution in [0, 0.1) is 13.8 Å². The van der Waals surface area contributed by atoms with Crippen LogP contribution in [0.1, 0.15) is 54.0 Å². The van der Waals surface area contributed by atoms with E-state index in [1.807, 2.05) is 81.4 Å². The highest BCUT2D eigenvalue weighted by molar-refractivity contribution is 6.31. The summed E-state index contributed by atoms with van der Waals surface area (Å²) in [6.45, 7) is 5.63. The van der Waals surface area contributed by atoms with Crippen LogP contribution in [0.25, 0.3) is 5.69 Å². The third-order valence-corrected chi connectivity index (χ3v) is 8.29. The number of dihydropyridines is 1. The number of allylic oxidation sites excluding steroid dienone is 3. The lowest BCUT2D eigenvalue weighted by atomic mass is 9.71. The molecule has 0 saturated heterocycles. The summed E-state index contributed by atoms with van der Waals surface area (Å²) >= 11 is 7.08. The number of hydrogen-bond acceptors (Lipinski definition) is 5. The monoisotopic (exact) mass is 563 g/mol. The molecule has 0 spiro atoms. The summed E-state index contributed by atoms with van der Waals surface area (Å²) in [5.41, 5.74) is 6.56. The summed E-state index contributed by atoms with van der Waals surface area (Å²) in [5, 5.41) is 11.6. The third-order valence-electron chi connectivity index (χ3n) is 7.92. The maximum atomic E-state index is 14.0. The molecule has 2 N–H and O–H groups in total. The Balaban J connectivity index is 1.49. The van der Waals surface area contributed by atoms with Crippen molar-refractivity contribution in [1.29, 1.82) is 0 Å². The molecule has 6 rings (SSSR count). The Hall–Kier alpha value is -4.49. The number of ketones is 1. The van der Waals surface area contributed by atoms with Crippen LogP contribution in [0.3, 0.4) is 0 Å². The molecule has 1 aliphatic carbocycles. The summed E-state index contributed by atoms with van der Waals surface area (Å²) < 4.78 is 1.67. The normalized spacial score (nSPS) is 18.7. The summed E-state index contributed by atoms with van der Waals surface area (Å²) in [7, 11) is 0. The summed E-state index contributed by atoms with van der Waals surface area (Å²) in [6, 6.07) is 23.4. The second-order valence-corrected chi connectivity index (χ2v) is 10.9.